The van der Waals surface area contributed by atoms with Crippen molar-refractivity contribution < 1.29 is 9.53 Å². The fraction of sp³-hybridized carbons (Fsp3) is 0.417. The molecule has 1 atom stereocenters. The predicted molar refractivity (Wildman–Crippen MR) is 69.5 cm³/mol. The molecule has 1 aromatic rings. The molecule has 1 aromatic carbocycles. The molecule has 0 aliphatic rings. The molecule has 0 heterocycles. The molecular formula is C12H19ClN2O2. The van der Waals surface area contributed by atoms with E-state index in [0.29, 0.717) is 19.6 Å². The van der Waals surface area contributed by atoms with Crippen LogP contribution in [0.4, 0.5) is 0 Å². The molecule has 3 N–H and O–H groups in total. The molecule has 1 rings (SSSR count). The number of hydrogen-bond acceptors (Lipinski definition) is 4. The van der Waals surface area contributed by atoms with Gasteiger partial charge in [-0.15, -0.1) is 12.4 Å². The molecule has 0 unspecified atom stereocenters. The smallest absolute Gasteiger partial charge is 0.309 e. The summed E-state index contributed by atoms with van der Waals surface area (Å²) in [6.45, 7) is 2.78. The summed E-state index contributed by atoms with van der Waals surface area (Å²) in [5.74, 6) is 4.83. The number of nitrogens with one attached hydrogen (secondary N) is 1. The second-order valence-corrected chi connectivity index (χ2v) is 3.74. The van der Waals surface area contributed by atoms with Crippen molar-refractivity contribution in [3.05, 3.63) is 35.9 Å². The standard InChI is InChI=1S/C12H18N2O2.ClH/c1-10(7-8-14-13)12(15)16-9-11-5-3-2-4-6-11;/h2-6,10,14H,7-9,13H2,1H3;1H/t10-;/m0./s1. The van der Waals surface area contributed by atoms with Gasteiger partial charge in [-0.2, -0.15) is 0 Å². The third-order valence-electron chi connectivity index (χ3n) is 2.35. The number of carbonyl (C=O) groups excluding carboxylic acids is 1. The van der Waals surface area contributed by atoms with Crippen LogP contribution in [0.2, 0.25) is 0 Å². The molecule has 0 bridgehead atoms. The quantitative estimate of drug-likeness (QED) is 0.463. The summed E-state index contributed by atoms with van der Waals surface area (Å²) in [4.78, 5) is 11.5. The maximum atomic E-state index is 11.5. The Hall–Kier alpha value is -1.10. The van der Waals surface area contributed by atoms with Crippen LogP contribution < -0.4 is 11.3 Å². The number of ether oxygens (including phenoxy) is 1. The summed E-state index contributed by atoms with van der Waals surface area (Å²) in [5.41, 5.74) is 3.52. The van der Waals surface area contributed by atoms with Gasteiger partial charge in [-0.05, 0) is 12.0 Å². The molecule has 0 aliphatic carbocycles. The van der Waals surface area contributed by atoms with Gasteiger partial charge in [0.25, 0.3) is 0 Å². The van der Waals surface area contributed by atoms with Crippen molar-refractivity contribution in [3.63, 3.8) is 0 Å². The molecule has 4 nitrogen and oxygen atoms in total. The van der Waals surface area contributed by atoms with Gasteiger partial charge in [0.2, 0.25) is 0 Å². The van der Waals surface area contributed by atoms with Gasteiger partial charge in [0.05, 0.1) is 5.92 Å². The van der Waals surface area contributed by atoms with E-state index < -0.39 is 0 Å². The van der Waals surface area contributed by atoms with Crippen LogP contribution in [0.1, 0.15) is 18.9 Å². The number of hydrazine groups is 1. The lowest BCUT2D eigenvalue weighted by molar-refractivity contribution is -0.149. The third-order valence-corrected chi connectivity index (χ3v) is 2.35. The van der Waals surface area contributed by atoms with Crippen molar-refractivity contribution >= 4 is 18.4 Å². The van der Waals surface area contributed by atoms with E-state index in [1.807, 2.05) is 37.3 Å². The highest BCUT2D eigenvalue weighted by atomic mass is 35.5. The minimum absolute atomic E-state index is 0. The second kappa shape index (κ2) is 8.98. The minimum atomic E-state index is -0.181. The van der Waals surface area contributed by atoms with Crippen molar-refractivity contribution in [2.24, 2.45) is 11.8 Å². The lowest BCUT2D eigenvalue weighted by Gasteiger charge is -2.10. The lowest BCUT2D eigenvalue weighted by atomic mass is 10.1. The van der Waals surface area contributed by atoms with Gasteiger partial charge in [0.15, 0.2) is 0 Å². The average Bonchev–Trinajstić information content (AvgIpc) is 2.34. The van der Waals surface area contributed by atoms with E-state index in [1.165, 1.54) is 0 Å². The first-order valence-corrected chi connectivity index (χ1v) is 5.38. The van der Waals surface area contributed by atoms with E-state index in [1.54, 1.807) is 0 Å². The van der Waals surface area contributed by atoms with Crippen LogP contribution in [-0.4, -0.2) is 12.5 Å². The maximum Gasteiger partial charge on any atom is 0.309 e. The van der Waals surface area contributed by atoms with E-state index in [-0.39, 0.29) is 24.3 Å². The van der Waals surface area contributed by atoms with Gasteiger partial charge in [-0.1, -0.05) is 37.3 Å². The van der Waals surface area contributed by atoms with Crippen molar-refractivity contribution in [2.45, 2.75) is 20.0 Å². The first-order chi connectivity index (χ1) is 7.74. The molecule has 0 amide bonds. The van der Waals surface area contributed by atoms with E-state index in [2.05, 4.69) is 5.43 Å². The first kappa shape index (κ1) is 15.9. The largest absolute Gasteiger partial charge is 0.461 e. The number of nitrogens with two attached hydrogens (primary N) is 1. The third kappa shape index (κ3) is 6.26. The van der Waals surface area contributed by atoms with Gasteiger partial charge in [0, 0.05) is 6.54 Å². The van der Waals surface area contributed by atoms with E-state index in [4.69, 9.17) is 10.6 Å². The Morgan fingerprint density at radius 1 is 1.41 bits per heavy atom. The van der Waals surface area contributed by atoms with Gasteiger partial charge < -0.3 is 4.74 Å². The molecule has 0 saturated heterocycles. The van der Waals surface area contributed by atoms with Crippen LogP contribution in [0, 0.1) is 5.92 Å². The van der Waals surface area contributed by atoms with E-state index in [0.717, 1.165) is 5.56 Å². The molecule has 0 fully saturated rings. The van der Waals surface area contributed by atoms with Crippen molar-refractivity contribution in [2.75, 3.05) is 6.54 Å². The lowest BCUT2D eigenvalue weighted by Crippen LogP contribution is -2.26. The molecular weight excluding hydrogens is 240 g/mol. The molecule has 0 aliphatic heterocycles. The minimum Gasteiger partial charge on any atom is -0.461 e. The predicted octanol–water partition coefficient (Wildman–Crippen LogP) is 1.64. The van der Waals surface area contributed by atoms with Crippen molar-refractivity contribution in [1.82, 2.24) is 5.43 Å². The van der Waals surface area contributed by atoms with Crippen LogP contribution in [0.25, 0.3) is 0 Å². The van der Waals surface area contributed by atoms with Crippen LogP contribution >= 0.6 is 12.4 Å². The van der Waals surface area contributed by atoms with E-state index >= 15 is 0 Å². The van der Waals surface area contributed by atoms with Crippen molar-refractivity contribution in [1.29, 1.82) is 0 Å². The molecule has 0 saturated carbocycles. The topological polar surface area (TPSA) is 64.3 Å². The fourth-order valence-electron chi connectivity index (χ4n) is 1.29. The molecule has 0 spiro atoms. The number of benzene rings is 1. The highest BCUT2D eigenvalue weighted by molar-refractivity contribution is 5.85. The van der Waals surface area contributed by atoms with Crippen LogP contribution in [-0.2, 0) is 16.1 Å². The zero-order valence-electron chi connectivity index (χ0n) is 9.89. The van der Waals surface area contributed by atoms with Gasteiger partial charge in [-0.25, -0.2) is 0 Å². The van der Waals surface area contributed by atoms with Crippen LogP contribution in [0.3, 0.4) is 0 Å². The Morgan fingerprint density at radius 3 is 2.65 bits per heavy atom. The monoisotopic (exact) mass is 258 g/mol. The highest BCUT2D eigenvalue weighted by Crippen LogP contribution is 2.07. The second-order valence-electron chi connectivity index (χ2n) is 3.74. The van der Waals surface area contributed by atoms with Crippen LogP contribution in [0.15, 0.2) is 30.3 Å². The zero-order chi connectivity index (χ0) is 11.8. The Labute approximate surface area is 108 Å². The number of carbonyl (C=O) groups is 1. The van der Waals surface area contributed by atoms with Gasteiger partial charge in [0.1, 0.15) is 6.61 Å². The fourth-order valence-corrected chi connectivity index (χ4v) is 1.29. The highest BCUT2D eigenvalue weighted by Gasteiger charge is 2.13. The molecule has 0 radical (unpaired) electrons. The van der Waals surface area contributed by atoms with Gasteiger partial charge in [-0.3, -0.25) is 16.1 Å². The summed E-state index contributed by atoms with van der Waals surface area (Å²) in [5, 5.41) is 0. The first-order valence-electron chi connectivity index (χ1n) is 5.38. The number of esters is 1. The Balaban J connectivity index is 0.00000256. The molecule has 5 heteroatoms. The van der Waals surface area contributed by atoms with E-state index in [9.17, 15) is 4.79 Å². The molecule has 96 valence electrons. The van der Waals surface area contributed by atoms with Crippen molar-refractivity contribution in [3.8, 4) is 0 Å². The number of hydrogen-bond donors (Lipinski definition) is 2. The maximum absolute atomic E-state index is 11.5. The normalized spacial score (nSPS) is 11.4. The SMILES string of the molecule is C[C@@H](CCNN)C(=O)OCc1ccccc1.Cl. The number of rotatable bonds is 6. The average molecular weight is 259 g/mol. The summed E-state index contributed by atoms with van der Waals surface area (Å²) < 4.78 is 5.18. The summed E-state index contributed by atoms with van der Waals surface area (Å²) >= 11 is 0. The number of halogens is 1. The zero-order valence-corrected chi connectivity index (χ0v) is 10.7. The molecule has 17 heavy (non-hydrogen) atoms. The van der Waals surface area contributed by atoms with Gasteiger partial charge >= 0.3 is 5.97 Å². The van der Waals surface area contributed by atoms with Crippen LogP contribution in [0.5, 0.6) is 0 Å². The summed E-state index contributed by atoms with van der Waals surface area (Å²) in [6.07, 6.45) is 0.685. The molecule has 0 aromatic heterocycles. The Bertz CT molecular complexity index is 320. The Morgan fingerprint density at radius 2 is 2.06 bits per heavy atom. The summed E-state index contributed by atoms with van der Waals surface area (Å²) in [6, 6.07) is 9.63. The summed E-state index contributed by atoms with van der Waals surface area (Å²) in [7, 11) is 0. The Kier molecular flexibility index (Phi) is 8.40.